The highest BCUT2D eigenvalue weighted by molar-refractivity contribution is 7.47. The summed E-state index contributed by atoms with van der Waals surface area (Å²) in [6, 6.07) is 0. The zero-order valence-electron chi connectivity index (χ0n) is 65.8. The van der Waals surface area contributed by atoms with Crippen LogP contribution in [0, 0.1) is 0 Å². The van der Waals surface area contributed by atoms with E-state index in [1.165, 1.54) is 19.3 Å². The normalized spacial score (nSPS) is 14.7. The van der Waals surface area contributed by atoms with E-state index in [2.05, 4.69) is 198 Å². The number of phosphoric ester groups is 2. The number of rotatable bonds is 74. The van der Waals surface area contributed by atoms with E-state index in [1.54, 1.807) is 0 Å². The molecule has 0 rings (SSSR count). The van der Waals surface area contributed by atoms with Gasteiger partial charge < -0.3 is 33.8 Å². The molecule has 0 spiro atoms. The molecule has 17 nitrogen and oxygen atoms in total. The molecule has 0 saturated carbocycles. The predicted octanol–water partition coefficient (Wildman–Crippen LogP) is 23.8. The highest BCUT2D eigenvalue weighted by Gasteiger charge is 2.30. The molecule has 0 radical (unpaired) electrons. The number of carbonyl (C=O) groups excluding carboxylic acids is 4. The van der Waals surface area contributed by atoms with Crippen LogP contribution >= 0.6 is 15.6 Å². The zero-order chi connectivity index (χ0) is 77.4. The van der Waals surface area contributed by atoms with Crippen LogP contribution < -0.4 is 0 Å². The van der Waals surface area contributed by atoms with Crippen LogP contribution in [0.25, 0.3) is 0 Å². The fourth-order valence-corrected chi connectivity index (χ4v) is 11.6. The lowest BCUT2D eigenvalue weighted by Crippen LogP contribution is -2.30. The molecule has 0 aliphatic carbocycles. The van der Waals surface area contributed by atoms with Crippen molar-refractivity contribution in [1.82, 2.24) is 0 Å². The van der Waals surface area contributed by atoms with Crippen LogP contribution in [0.5, 0.6) is 0 Å². The number of hydrogen-bond donors (Lipinski definition) is 3. The molecular formula is C87H142O17P2. The van der Waals surface area contributed by atoms with Crippen molar-refractivity contribution in [2.45, 2.75) is 316 Å². The molecule has 5 unspecified atom stereocenters. The summed E-state index contributed by atoms with van der Waals surface area (Å²) in [6.07, 6.45) is 91.9. The largest absolute Gasteiger partial charge is 0.472 e. The van der Waals surface area contributed by atoms with Gasteiger partial charge in [-0.1, -0.05) is 268 Å². The van der Waals surface area contributed by atoms with Crippen LogP contribution in [-0.2, 0) is 65.4 Å². The average molecular weight is 1520 g/mol. The SMILES string of the molecule is CC/C=C\C/C=C\C/C=C\C/C=C\C/C=C\CCCCCC(=O)OCC(COP(=O)(O)OCC(O)COP(=O)(O)OCC(COC(=O)CCCCCCCC/C=C\C/C=C\C/C=C\CCCCC)OC(=O)CCCC/C=C\C/C=C\C/C=C\C/C=C\CC)OC(=O)CCCCCCC/C=C\C/C=C\CCC. The van der Waals surface area contributed by atoms with Gasteiger partial charge in [0.15, 0.2) is 12.2 Å². The van der Waals surface area contributed by atoms with Gasteiger partial charge in [-0.05, 0) is 173 Å². The number of esters is 4. The highest BCUT2D eigenvalue weighted by atomic mass is 31.2. The lowest BCUT2D eigenvalue weighted by molar-refractivity contribution is -0.161. The van der Waals surface area contributed by atoms with E-state index in [0.717, 1.165) is 193 Å². The molecule has 0 aromatic heterocycles. The van der Waals surface area contributed by atoms with Gasteiger partial charge in [-0.2, -0.15) is 0 Å². The van der Waals surface area contributed by atoms with Crippen molar-refractivity contribution in [2.75, 3.05) is 39.6 Å². The summed E-state index contributed by atoms with van der Waals surface area (Å²) in [5.41, 5.74) is 0. The van der Waals surface area contributed by atoms with Gasteiger partial charge >= 0.3 is 39.5 Å². The lowest BCUT2D eigenvalue weighted by Gasteiger charge is -2.21. The van der Waals surface area contributed by atoms with Gasteiger partial charge in [-0.3, -0.25) is 37.3 Å². The molecule has 0 amide bonds. The van der Waals surface area contributed by atoms with E-state index in [4.69, 9.17) is 37.0 Å². The van der Waals surface area contributed by atoms with Crippen molar-refractivity contribution in [3.8, 4) is 0 Å². The van der Waals surface area contributed by atoms with Gasteiger partial charge in [0, 0.05) is 25.7 Å². The van der Waals surface area contributed by atoms with Crippen LogP contribution in [0.1, 0.15) is 297 Å². The smallest absolute Gasteiger partial charge is 0.462 e. The molecule has 0 aliphatic rings. The molecule has 5 atom stereocenters. The van der Waals surface area contributed by atoms with E-state index in [0.29, 0.717) is 32.1 Å². The summed E-state index contributed by atoms with van der Waals surface area (Å²) < 4.78 is 68.5. The number of aliphatic hydroxyl groups excluding tert-OH is 1. The average Bonchev–Trinajstić information content (AvgIpc) is 0.901. The minimum atomic E-state index is -5.00. The van der Waals surface area contributed by atoms with Crippen molar-refractivity contribution in [3.05, 3.63) is 170 Å². The fourth-order valence-electron chi connectivity index (χ4n) is 10.0. The molecule has 3 N–H and O–H groups in total. The van der Waals surface area contributed by atoms with Gasteiger partial charge in [0.25, 0.3) is 0 Å². The topological polar surface area (TPSA) is 237 Å². The first-order chi connectivity index (χ1) is 51.7. The molecule has 0 fully saturated rings. The molecule has 602 valence electrons. The maximum atomic E-state index is 13.1. The number of allylic oxidation sites excluding steroid dienone is 28. The third-order valence-corrected chi connectivity index (χ3v) is 18.0. The van der Waals surface area contributed by atoms with Crippen LogP contribution in [0.3, 0.4) is 0 Å². The minimum Gasteiger partial charge on any atom is -0.462 e. The Morgan fingerprint density at radius 3 is 0.821 bits per heavy atom. The Bertz CT molecular complexity index is 2680. The third-order valence-electron chi connectivity index (χ3n) is 16.1. The summed E-state index contributed by atoms with van der Waals surface area (Å²) in [5, 5.41) is 10.6. The fraction of sp³-hybridized carbons (Fsp3) is 0.632. The number of hydrogen-bond acceptors (Lipinski definition) is 15. The summed E-state index contributed by atoms with van der Waals surface area (Å²) in [7, 11) is -10.0. The zero-order valence-corrected chi connectivity index (χ0v) is 67.6. The van der Waals surface area contributed by atoms with E-state index in [9.17, 15) is 43.2 Å². The van der Waals surface area contributed by atoms with Gasteiger partial charge in [-0.15, -0.1) is 0 Å². The first-order valence-corrected chi connectivity index (χ1v) is 43.4. The number of unbranched alkanes of at least 4 members (excludes halogenated alkanes) is 20. The second-order valence-electron chi connectivity index (χ2n) is 26.2. The standard InChI is InChI=1S/C87H142O17P2/c1-5-9-13-17-21-25-29-33-36-38-40-42-45-48-51-55-59-63-67-71-84(89)97-77-82(103-86(91)73-69-65-61-57-53-47-32-28-24-20-16-12-8-4)79-101-105(93,94)99-75-81(88)76-100-106(95,96)102-80-83(104-87(92)74-70-66-62-58-54-50-44-35-31-27-23-19-15-11-7-3)78-98-85(90)72-68-64-60-56-52-49-46-43-41-39-37-34-30-26-22-18-14-10-6-2/h9,11,13,15-16,20-23,25-28,32-37,40-44,48,51,54,58,81-83,88H,5-8,10,12,14,17-19,24,29-31,38-39,45-47,49-50,52-53,55-57,59-80H2,1-4H3,(H,93,94)(H,95,96)/b13-9-,15-11-,20-16-,25-21-,26-22-,27-23-,32-28-,36-33-,37-34-,42-40-,43-41-,44-35-,51-48-,58-54-. The molecule has 0 aliphatic heterocycles. The Morgan fingerprint density at radius 1 is 0.274 bits per heavy atom. The van der Waals surface area contributed by atoms with E-state index in [-0.39, 0.29) is 25.7 Å². The van der Waals surface area contributed by atoms with Gasteiger partial charge in [0.05, 0.1) is 26.4 Å². The predicted molar refractivity (Wildman–Crippen MR) is 436 cm³/mol. The maximum Gasteiger partial charge on any atom is 0.472 e. The van der Waals surface area contributed by atoms with Gasteiger partial charge in [-0.25, -0.2) is 9.13 Å². The molecular weight excluding hydrogens is 1380 g/mol. The molecule has 19 heteroatoms. The molecule has 0 saturated heterocycles. The highest BCUT2D eigenvalue weighted by Crippen LogP contribution is 2.45. The Labute approximate surface area is 642 Å². The van der Waals surface area contributed by atoms with Crippen LogP contribution in [-0.4, -0.2) is 96.7 Å². The van der Waals surface area contributed by atoms with Crippen molar-refractivity contribution < 1.29 is 80.2 Å². The van der Waals surface area contributed by atoms with E-state index in [1.807, 2.05) is 0 Å². The molecule has 0 heterocycles. The summed E-state index contributed by atoms with van der Waals surface area (Å²) in [6.45, 7) is 4.42. The number of aliphatic hydroxyl groups is 1. The Kier molecular flexibility index (Phi) is 73.5. The van der Waals surface area contributed by atoms with Crippen LogP contribution in [0.4, 0.5) is 0 Å². The molecule has 0 bridgehead atoms. The monoisotopic (exact) mass is 1520 g/mol. The quantitative estimate of drug-likeness (QED) is 0.0169. The second kappa shape index (κ2) is 77.6. The van der Waals surface area contributed by atoms with Gasteiger partial charge in [0.2, 0.25) is 0 Å². The molecule has 0 aromatic carbocycles. The summed E-state index contributed by atoms with van der Waals surface area (Å²) in [5.74, 6) is -2.30. The Balaban J connectivity index is 5.44. The second-order valence-corrected chi connectivity index (χ2v) is 29.1. The van der Waals surface area contributed by atoms with E-state index >= 15 is 0 Å². The Hall–Kier alpha value is -5.58. The molecule has 106 heavy (non-hydrogen) atoms. The number of carbonyl (C=O) groups is 4. The molecule has 0 aromatic rings. The lowest BCUT2D eigenvalue weighted by atomic mass is 10.1. The summed E-state index contributed by atoms with van der Waals surface area (Å²) >= 11 is 0. The summed E-state index contributed by atoms with van der Waals surface area (Å²) in [4.78, 5) is 73.1. The van der Waals surface area contributed by atoms with E-state index < -0.39 is 97.5 Å². The third kappa shape index (κ3) is 76.6. The Morgan fingerprint density at radius 2 is 0.509 bits per heavy atom. The number of ether oxygens (including phenoxy) is 4. The number of phosphoric acid groups is 2. The first kappa shape index (κ1) is 100. The van der Waals surface area contributed by atoms with Crippen molar-refractivity contribution in [1.29, 1.82) is 0 Å². The van der Waals surface area contributed by atoms with Gasteiger partial charge in [0.1, 0.15) is 19.3 Å². The van der Waals surface area contributed by atoms with Crippen molar-refractivity contribution in [3.63, 3.8) is 0 Å². The minimum absolute atomic E-state index is 0.0331. The first-order valence-electron chi connectivity index (χ1n) is 40.4. The van der Waals surface area contributed by atoms with Crippen molar-refractivity contribution >= 4 is 39.5 Å². The van der Waals surface area contributed by atoms with Crippen LogP contribution in [0.2, 0.25) is 0 Å². The maximum absolute atomic E-state index is 13.1. The van der Waals surface area contributed by atoms with Crippen molar-refractivity contribution in [2.24, 2.45) is 0 Å². The van der Waals surface area contributed by atoms with Crippen LogP contribution in [0.15, 0.2) is 170 Å².